The van der Waals surface area contributed by atoms with E-state index in [0.29, 0.717) is 49.3 Å². The first-order valence-electron chi connectivity index (χ1n) is 13.8. The van der Waals surface area contributed by atoms with Crippen LogP contribution in [0.3, 0.4) is 0 Å². The third-order valence-corrected chi connectivity index (χ3v) is 8.15. The molecule has 1 aromatic heterocycles. The lowest BCUT2D eigenvalue weighted by Crippen LogP contribution is -2.40. The quantitative estimate of drug-likeness (QED) is 0.131. The fraction of sp³-hybridized carbons (Fsp3) is 0.219. The number of rotatable bonds is 10. The van der Waals surface area contributed by atoms with Crippen LogP contribution in [0, 0.1) is 10.1 Å². The minimum Gasteiger partial charge on any atom is -0.490 e. The standard InChI is InChI=1S/C32H28ClN3O7S/c1-4-41-26-16-21(12-15-25(26)43-18-20-10-13-22(14-11-20)36(39)40)17-27-30(37)35-29(23-8-6-7-9-24(23)33)28(31(38)42-5-2)19(3)34-32(35)44-27/h6-17,29H,4-5,18H2,1-3H3/b27-17-/t29-/m1/s1. The van der Waals surface area contributed by atoms with Crippen molar-refractivity contribution in [3.8, 4) is 11.5 Å². The van der Waals surface area contributed by atoms with Crippen molar-refractivity contribution in [2.45, 2.75) is 33.4 Å². The van der Waals surface area contributed by atoms with Crippen LogP contribution in [-0.4, -0.2) is 28.7 Å². The van der Waals surface area contributed by atoms with E-state index in [2.05, 4.69) is 4.99 Å². The maximum absolute atomic E-state index is 13.9. The van der Waals surface area contributed by atoms with Crippen molar-refractivity contribution in [3.05, 3.63) is 130 Å². The molecule has 5 rings (SSSR count). The lowest BCUT2D eigenvalue weighted by molar-refractivity contribution is -0.384. The number of nitrogens with zero attached hydrogens (tertiary/aromatic N) is 3. The van der Waals surface area contributed by atoms with Crippen molar-refractivity contribution in [3.63, 3.8) is 0 Å². The molecule has 0 fully saturated rings. The van der Waals surface area contributed by atoms with Crippen molar-refractivity contribution in [1.29, 1.82) is 0 Å². The lowest BCUT2D eigenvalue weighted by atomic mass is 9.96. The molecular formula is C32H28ClN3O7S. The topological polar surface area (TPSA) is 122 Å². The van der Waals surface area contributed by atoms with Crippen LogP contribution in [0.4, 0.5) is 5.69 Å². The van der Waals surface area contributed by atoms with Gasteiger partial charge in [-0.25, -0.2) is 9.79 Å². The number of non-ortho nitro benzene ring substituents is 1. The molecule has 1 aliphatic rings. The second-order valence-corrected chi connectivity index (χ2v) is 11.1. The number of nitro groups is 1. The zero-order valence-corrected chi connectivity index (χ0v) is 25.7. The summed E-state index contributed by atoms with van der Waals surface area (Å²) in [6, 6.07) is 17.7. The van der Waals surface area contributed by atoms with Crippen LogP contribution >= 0.6 is 22.9 Å². The predicted octanol–water partition coefficient (Wildman–Crippen LogP) is 5.34. The van der Waals surface area contributed by atoms with Gasteiger partial charge in [-0.3, -0.25) is 19.5 Å². The summed E-state index contributed by atoms with van der Waals surface area (Å²) in [5, 5.41) is 11.3. The molecule has 1 atom stereocenters. The van der Waals surface area contributed by atoms with Gasteiger partial charge < -0.3 is 14.2 Å². The summed E-state index contributed by atoms with van der Waals surface area (Å²) in [6.45, 7) is 6.02. The van der Waals surface area contributed by atoms with Gasteiger partial charge in [-0.15, -0.1) is 0 Å². The normalized spacial score (nSPS) is 14.5. The molecule has 0 saturated heterocycles. The van der Waals surface area contributed by atoms with Crippen LogP contribution in [0.15, 0.2) is 87.8 Å². The fourth-order valence-electron chi connectivity index (χ4n) is 4.81. The molecule has 1 aliphatic heterocycles. The number of hydrogen-bond acceptors (Lipinski definition) is 9. The molecule has 0 bridgehead atoms. The Hall–Kier alpha value is -4.74. The molecule has 4 aromatic rings. The van der Waals surface area contributed by atoms with E-state index in [9.17, 15) is 19.7 Å². The van der Waals surface area contributed by atoms with E-state index in [-0.39, 0.29) is 30.0 Å². The summed E-state index contributed by atoms with van der Waals surface area (Å²) >= 11 is 7.78. The van der Waals surface area contributed by atoms with Crippen molar-refractivity contribution in [2.24, 2.45) is 4.99 Å². The Balaban J connectivity index is 1.52. The van der Waals surface area contributed by atoms with Gasteiger partial charge in [0.05, 0.1) is 33.9 Å². The molecule has 3 aromatic carbocycles. The molecule has 0 spiro atoms. The van der Waals surface area contributed by atoms with Crippen LogP contribution in [0.1, 0.15) is 43.5 Å². The molecular weight excluding hydrogens is 606 g/mol. The minimum absolute atomic E-state index is 0.00357. The Morgan fingerprint density at radius 2 is 1.82 bits per heavy atom. The van der Waals surface area contributed by atoms with E-state index in [1.807, 2.05) is 6.92 Å². The van der Waals surface area contributed by atoms with Crippen LogP contribution in [0.5, 0.6) is 11.5 Å². The predicted molar refractivity (Wildman–Crippen MR) is 167 cm³/mol. The average molecular weight is 634 g/mol. The summed E-state index contributed by atoms with van der Waals surface area (Å²) in [7, 11) is 0. The number of carbonyl (C=O) groups excluding carboxylic acids is 1. The fourth-order valence-corrected chi connectivity index (χ4v) is 6.10. The highest BCUT2D eigenvalue weighted by atomic mass is 35.5. The smallest absolute Gasteiger partial charge is 0.338 e. The van der Waals surface area contributed by atoms with Gasteiger partial charge in [0.15, 0.2) is 16.3 Å². The summed E-state index contributed by atoms with van der Waals surface area (Å²) in [5.74, 6) is 0.404. The van der Waals surface area contributed by atoms with Gasteiger partial charge >= 0.3 is 5.97 Å². The maximum atomic E-state index is 13.9. The number of nitro benzene ring substituents is 1. The highest BCUT2D eigenvalue weighted by Gasteiger charge is 2.34. The molecule has 0 aliphatic carbocycles. The van der Waals surface area contributed by atoms with E-state index in [0.717, 1.165) is 5.56 Å². The molecule has 2 heterocycles. The molecule has 0 radical (unpaired) electrons. The zero-order valence-electron chi connectivity index (χ0n) is 24.1. The number of hydrogen-bond donors (Lipinski definition) is 0. The van der Waals surface area contributed by atoms with E-state index in [4.69, 9.17) is 25.8 Å². The molecule has 12 heteroatoms. The summed E-state index contributed by atoms with van der Waals surface area (Å²) in [5.41, 5.74) is 2.42. The average Bonchev–Trinajstić information content (AvgIpc) is 3.30. The van der Waals surface area contributed by atoms with E-state index in [1.165, 1.54) is 28.0 Å². The Morgan fingerprint density at radius 1 is 1.07 bits per heavy atom. The lowest BCUT2D eigenvalue weighted by Gasteiger charge is -2.25. The molecule has 0 N–H and O–H groups in total. The number of halogens is 1. The number of ether oxygens (including phenoxy) is 3. The van der Waals surface area contributed by atoms with Gasteiger partial charge in [-0.2, -0.15) is 0 Å². The Bertz CT molecular complexity index is 1950. The number of esters is 1. The molecule has 226 valence electrons. The van der Waals surface area contributed by atoms with Crippen molar-refractivity contribution in [1.82, 2.24) is 4.57 Å². The first kappa shape index (κ1) is 30.7. The maximum Gasteiger partial charge on any atom is 0.338 e. The number of allylic oxidation sites excluding steroid dienone is 1. The first-order chi connectivity index (χ1) is 21.2. The highest BCUT2D eigenvalue weighted by Crippen LogP contribution is 2.34. The minimum atomic E-state index is -0.810. The molecule has 0 saturated carbocycles. The summed E-state index contributed by atoms with van der Waals surface area (Å²) in [4.78, 5) is 42.5. The number of aromatic nitrogens is 1. The van der Waals surface area contributed by atoms with Crippen molar-refractivity contribution >= 4 is 40.7 Å². The van der Waals surface area contributed by atoms with Crippen LogP contribution < -0.4 is 24.4 Å². The van der Waals surface area contributed by atoms with Gasteiger partial charge in [-0.05, 0) is 73.9 Å². The number of fused-ring (bicyclic) bond motifs is 1. The first-order valence-corrected chi connectivity index (χ1v) is 15.0. The molecule has 0 unspecified atom stereocenters. The monoisotopic (exact) mass is 633 g/mol. The van der Waals surface area contributed by atoms with Crippen LogP contribution in [0.2, 0.25) is 5.02 Å². The molecule has 10 nitrogen and oxygen atoms in total. The third-order valence-electron chi connectivity index (χ3n) is 6.82. The number of thiazole rings is 1. The number of benzene rings is 3. The van der Waals surface area contributed by atoms with Gasteiger partial charge in [-0.1, -0.05) is 47.2 Å². The SMILES string of the molecule is CCOC(=O)C1=C(C)N=c2s/c(=C\c3ccc(OCc4ccc([N+](=O)[O-])cc4)c(OCC)c3)c(=O)n2[C@@H]1c1ccccc1Cl. The van der Waals surface area contributed by atoms with Gasteiger partial charge in [0, 0.05) is 17.2 Å². The van der Waals surface area contributed by atoms with Gasteiger partial charge in [0.2, 0.25) is 0 Å². The van der Waals surface area contributed by atoms with Crippen molar-refractivity contribution < 1.29 is 23.9 Å². The van der Waals surface area contributed by atoms with Gasteiger partial charge in [0.25, 0.3) is 11.2 Å². The third kappa shape index (κ3) is 6.29. The van der Waals surface area contributed by atoms with Crippen molar-refractivity contribution in [2.75, 3.05) is 13.2 Å². The largest absolute Gasteiger partial charge is 0.490 e. The second kappa shape index (κ2) is 13.3. The number of carbonyl (C=O) groups is 1. The van der Waals surface area contributed by atoms with Crippen LogP contribution in [0.25, 0.3) is 6.08 Å². The van der Waals surface area contributed by atoms with E-state index >= 15 is 0 Å². The van der Waals surface area contributed by atoms with E-state index < -0.39 is 16.9 Å². The van der Waals surface area contributed by atoms with E-state index in [1.54, 1.807) is 74.5 Å². The Morgan fingerprint density at radius 3 is 2.50 bits per heavy atom. The summed E-state index contributed by atoms with van der Waals surface area (Å²) < 4.78 is 19.0. The Kier molecular flexibility index (Phi) is 9.26. The highest BCUT2D eigenvalue weighted by molar-refractivity contribution is 7.07. The second-order valence-electron chi connectivity index (χ2n) is 9.68. The Labute approximate surface area is 261 Å². The molecule has 0 amide bonds. The van der Waals surface area contributed by atoms with Crippen LogP contribution in [-0.2, 0) is 16.1 Å². The van der Waals surface area contributed by atoms with Gasteiger partial charge in [0.1, 0.15) is 12.6 Å². The molecule has 44 heavy (non-hydrogen) atoms. The summed E-state index contributed by atoms with van der Waals surface area (Å²) in [6.07, 6.45) is 1.74. The zero-order chi connectivity index (χ0) is 31.4.